The van der Waals surface area contributed by atoms with E-state index < -0.39 is 17.9 Å². The molecule has 0 amide bonds. The molecule has 0 aliphatic rings. The molecule has 114 valence electrons. The predicted molar refractivity (Wildman–Crippen MR) is 81.4 cm³/mol. The lowest BCUT2D eigenvalue weighted by molar-refractivity contribution is -0.146. The van der Waals surface area contributed by atoms with E-state index in [9.17, 15) is 9.59 Å². The Labute approximate surface area is 124 Å². The lowest BCUT2D eigenvalue weighted by Gasteiger charge is -2.22. The summed E-state index contributed by atoms with van der Waals surface area (Å²) in [5.74, 6) is -0.262. The fraction of sp³-hybridized carbons (Fsp3) is 0.375. The van der Waals surface area contributed by atoms with Crippen LogP contribution in [0.5, 0.6) is 5.75 Å². The Bertz CT molecular complexity index is 470. The molecule has 0 spiro atoms. The van der Waals surface area contributed by atoms with E-state index >= 15 is 0 Å². The summed E-state index contributed by atoms with van der Waals surface area (Å²) in [5, 5.41) is 3.04. The number of carbonyl (C=O) groups excluding carboxylic acids is 2. The molecule has 5 nitrogen and oxygen atoms in total. The van der Waals surface area contributed by atoms with E-state index in [0.717, 1.165) is 6.29 Å². The minimum atomic E-state index is -0.742. The summed E-state index contributed by atoms with van der Waals surface area (Å²) in [6.45, 7) is 5.60. The first kappa shape index (κ1) is 16.8. The third-order valence-electron chi connectivity index (χ3n) is 2.99. The minimum Gasteiger partial charge on any atom is -0.497 e. The van der Waals surface area contributed by atoms with Gasteiger partial charge < -0.3 is 19.6 Å². The van der Waals surface area contributed by atoms with Crippen LogP contribution in [0.1, 0.15) is 13.3 Å². The van der Waals surface area contributed by atoms with Gasteiger partial charge in [0.1, 0.15) is 18.1 Å². The van der Waals surface area contributed by atoms with Gasteiger partial charge in [-0.1, -0.05) is 6.08 Å². The summed E-state index contributed by atoms with van der Waals surface area (Å²) in [4.78, 5) is 23.3. The molecule has 1 aromatic rings. The number of hydrogen-bond acceptors (Lipinski definition) is 5. The van der Waals surface area contributed by atoms with Gasteiger partial charge in [0.25, 0.3) is 0 Å². The molecule has 1 rings (SSSR count). The van der Waals surface area contributed by atoms with E-state index in [1.807, 2.05) is 0 Å². The van der Waals surface area contributed by atoms with Crippen LogP contribution in [0, 0.1) is 5.92 Å². The first-order valence-electron chi connectivity index (χ1n) is 6.79. The number of benzene rings is 1. The van der Waals surface area contributed by atoms with Crippen molar-refractivity contribution in [1.29, 1.82) is 0 Å². The number of nitrogens with one attached hydrogen (secondary N) is 1. The SMILES string of the molecule is C=CC[C@@H](C=O)C(Nc1ccc(OC)cc1)C(=O)OCC. The van der Waals surface area contributed by atoms with Crippen molar-refractivity contribution < 1.29 is 19.1 Å². The highest BCUT2D eigenvalue weighted by Crippen LogP contribution is 2.19. The van der Waals surface area contributed by atoms with E-state index in [-0.39, 0.29) is 6.61 Å². The molecule has 0 aliphatic carbocycles. The Morgan fingerprint density at radius 2 is 2.05 bits per heavy atom. The number of anilines is 1. The predicted octanol–water partition coefficient (Wildman–Crippen LogP) is 2.43. The van der Waals surface area contributed by atoms with Crippen LogP contribution in [0.4, 0.5) is 5.69 Å². The summed E-state index contributed by atoms with van der Waals surface area (Å²) in [6, 6.07) is 6.36. The number of allylic oxidation sites excluding steroid dienone is 1. The van der Waals surface area contributed by atoms with Gasteiger partial charge in [-0.25, -0.2) is 4.79 Å². The van der Waals surface area contributed by atoms with Gasteiger partial charge in [-0.2, -0.15) is 0 Å². The van der Waals surface area contributed by atoms with Crippen molar-refractivity contribution in [3.63, 3.8) is 0 Å². The van der Waals surface area contributed by atoms with Gasteiger partial charge in [0.2, 0.25) is 0 Å². The average molecular weight is 291 g/mol. The Balaban J connectivity index is 2.91. The summed E-state index contributed by atoms with van der Waals surface area (Å²) < 4.78 is 10.1. The van der Waals surface area contributed by atoms with Crippen LogP contribution in [0.15, 0.2) is 36.9 Å². The van der Waals surface area contributed by atoms with Crippen LogP contribution in [0.25, 0.3) is 0 Å². The normalized spacial score (nSPS) is 12.9. The number of carbonyl (C=O) groups is 2. The van der Waals surface area contributed by atoms with Crippen molar-refractivity contribution in [3.8, 4) is 5.75 Å². The zero-order valence-corrected chi connectivity index (χ0v) is 12.4. The van der Waals surface area contributed by atoms with E-state index in [2.05, 4.69) is 11.9 Å². The average Bonchev–Trinajstić information content (AvgIpc) is 2.51. The van der Waals surface area contributed by atoms with Gasteiger partial charge in [0.05, 0.1) is 13.7 Å². The highest BCUT2D eigenvalue weighted by Gasteiger charge is 2.28. The van der Waals surface area contributed by atoms with Crippen molar-refractivity contribution >= 4 is 17.9 Å². The maximum Gasteiger partial charge on any atom is 0.329 e. The monoisotopic (exact) mass is 291 g/mol. The highest BCUT2D eigenvalue weighted by molar-refractivity contribution is 5.83. The number of esters is 1. The summed E-state index contributed by atoms with van der Waals surface area (Å²) in [6.07, 6.45) is 2.76. The van der Waals surface area contributed by atoms with Crippen LogP contribution in [-0.2, 0) is 14.3 Å². The van der Waals surface area contributed by atoms with Crippen molar-refractivity contribution in [1.82, 2.24) is 0 Å². The number of hydrogen-bond donors (Lipinski definition) is 1. The summed E-state index contributed by atoms with van der Waals surface area (Å²) in [5.41, 5.74) is 0.713. The molecule has 0 fully saturated rings. The molecule has 0 aromatic heterocycles. The Morgan fingerprint density at radius 1 is 1.38 bits per heavy atom. The fourth-order valence-corrected chi connectivity index (χ4v) is 1.90. The standard InChI is InChI=1S/C16H21NO4/c1-4-6-12(11-18)15(16(19)21-5-2)17-13-7-9-14(20-3)10-8-13/h4,7-12,15,17H,1,5-6H2,2-3H3/t12-,15?/m0/s1. The Morgan fingerprint density at radius 3 is 2.52 bits per heavy atom. The van der Waals surface area contributed by atoms with Crippen molar-refractivity contribution in [3.05, 3.63) is 36.9 Å². The second kappa shape index (κ2) is 8.79. The van der Waals surface area contributed by atoms with Crippen molar-refractivity contribution in [2.45, 2.75) is 19.4 Å². The molecule has 21 heavy (non-hydrogen) atoms. The lowest BCUT2D eigenvalue weighted by atomic mass is 9.97. The van der Waals surface area contributed by atoms with Gasteiger partial charge in [-0.3, -0.25) is 0 Å². The number of ether oxygens (including phenoxy) is 2. The summed E-state index contributed by atoms with van der Waals surface area (Å²) in [7, 11) is 1.58. The molecule has 5 heteroatoms. The van der Waals surface area contributed by atoms with Crippen LogP contribution in [0.3, 0.4) is 0 Å². The number of rotatable bonds is 9. The third-order valence-corrected chi connectivity index (χ3v) is 2.99. The quantitative estimate of drug-likeness (QED) is 0.430. The first-order chi connectivity index (χ1) is 10.2. The zero-order valence-electron chi connectivity index (χ0n) is 12.4. The van der Waals surface area contributed by atoms with E-state index in [1.54, 1.807) is 44.4 Å². The molecule has 1 aromatic carbocycles. The van der Waals surface area contributed by atoms with Crippen LogP contribution in [0.2, 0.25) is 0 Å². The molecule has 0 saturated carbocycles. The number of aldehydes is 1. The van der Waals surface area contributed by atoms with E-state index in [4.69, 9.17) is 9.47 Å². The van der Waals surface area contributed by atoms with Gasteiger partial charge in [0, 0.05) is 11.6 Å². The van der Waals surface area contributed by atoms with Crippen LogP contribution in [-0.4, -0.2) is 32.0 Å². The third kappa shape index (κ3) is 4.95. The van der Waals surface area contributed by atoms with Gasteiger partial charge in [-0.15, -0.1) is 6.58 Å². The Hall–Kier alpha value is -2.30. The zero-order chi connectivity index (χ0) is 15.7. The first-order valence-corrected chi connectivity index (χ1v) is 6.79. The topological polar surface area (TPSA) is 64.6 Å². The molecular formula is C16H21NO4. The van der Waals surface area contributed by atoms with Gasteiger partial charge in [0.15, 0.2) is 0 Å². The molecule has 1 unspecified atom stereocenters. The van der Waals surface area contributed by atoms with Crippen LogP contribution >= 0.6 is 0 Å². The molecule has 0 aliphatic heterocycles. The van der Waals surface area contributed by atoms with Crippen molar-refractivity contribution in [2.75, 3.05) is 19.0 Å². The van der Waals surface area contributed by atoms with E-state index in [0.29, 0.717) is 17.9 Å². The van der Waals surface area contributed by atoms with Gasteiger partial charge in [-0.05, 0) is 37.6 Å². The number of methoxy groups -OCH3 is 1. The second-order valence-corrected chi connectivity index (χ2v) is 4.43. The second-order valence-electron chi connectivity index (χ2n) is 4.43. The maximum absolute atomic E-state index is 12.0. The molecule has 0 heterocycles. The molecule has 0 saturated heterocycles. The molecule has 1 N–H and O–H groups in total. The molecule has 2 atom stereocenters. The van der Waals surface area contributed by atoms with Crippen LogP contribution < -0.4 is 10.1 Å². The lowest BCUT2D eigenvalue weighted by Crippen LogP contribution is -2.39. The fourth-order valence-electron chi connectivity index (χ4n) is 1.90. The molecule has 0 radical (unpaired) electrons. The minimum absolute atomic E-state index is 0.263. The van der Waals surface area contributed by atoms with E-state index in [1.165, 1.54) is 0 Å². The molecular weight excluding hydrogens is 270 g/mol. The maximum atomic E-state index is 12.0. The largest absolute Gasteiger partial charge is 0.497 e. The highest BCUT2D eigenvalue weighted by atomic mass is 16.5. The van der Waals surface area contributed by atoms with Gasteiger partial charge >= 0.3 is 5.97 Å². The molecule has 0 bridgehead atoms. The van der Waals surface area contributed by atoms with Crippen molar-refractivity contribution in [2.24, 2.45) is 5.92 Å². The smallest absolute Gasteiger partial charge is 0.329 e. The summed E-state index contributed by atoms with van der Waals surface area (Å²) >= 11 is 0. The Kier molecular flexibility index (Phi) is 7.01.